The smallest absolute Gasteiger partial charge is 0.313 e. The van der Waals surface area contributed by atoms with Gasteiger partial charge in [-0.05, 0) is 44.9 Å². The summed E-state index contributed by atoms with van der Waals surface area (Å²) in [4.78, 5) is 11.1. The minimum Gasteiger partial charge on any atom is -0.508 e. The van der Waals surface area contributed by atoms with E-state index >= 15 is 0 Å². The zero-order valence-corrected chi connectivity index (χ0v) is 9.46. The van der Waals surface area contributed by atoms with E-state index in [2.05, 4.69) is 0 Å². The van der Waals surface area contributed by atoms with Crippen LogP contribution >= 0.6 is 0 Å². The van der Waals surface area contributed by atoms with Crippen LogP contribution in [0.2, 0.25) is 0 Å². The fourth-order valence-corrected chi connectivity index (χ4v) is 1.87. The Hall–Kier alpha value is -1.51. The molecule has 3 nitrogen and oxygen atoms in total. The molecule has 3 heteroatoms. The van der Waals surface area contributed by atoms with E-state index in [9.17, 15) is 9.90 Å². The van der Waals surface area contributed by atoms with Gasteiger partial charge in [0.05, 0.1) is 5.41 Å². The molecule has 0 unspecified atom stereocenters. The maximum Gasteiger partial charge on any atom is 0.313 e. The van der Waals surface area contributed by atoms with Gasteiger partial charge in [-0.1, -0.05) is 6.07 Å². The number of carbonyl (C=O) groups is 1. The Kier molecular flexibility index (Phi) is 2.75. The third-order valence-electron chi connectivity index (χ3n) is 2.62. The summed E-state index contributed by atoms with van der Waals surface area (Å²) in [7, 11) is 0. The Bertz CT molecular complexity index is 382. The number of hydrogen-bond acceptors (Lipinski definition) is 2. The topological polar surface area (TPSA) is 57.5 Å². The molecule has 0 aliphatic carbocycles. The quantitative estimate of drug-likeness (QED) is 0.784. The van der Waals surface area contributed by atoms with Crippen molar-refractivity contribution in [3.8, 4) is 5.75 Å². The van der Waals surface area contributed by atoms with Gasteiger partial charge in [0.25, 0.3) is 0 Å². The van der Waals surface area contributed by atoms with Crippen LogP contribution in [0.25, 0.3) is 0 Å². The van der Waals surface area contributed by atoms with Crippen molar-refractivity contribution < 1.29 is 15.0 Å². The molecule has 0 amide bonds. The van der Waals surface area contributed by atoms with Crippen LogP contribution in [0.4, 0.5) is 0 Å². The third kappa shape index (κ3) is 1.96. The number of phenols is 1. The van der Waals surface area contributed by atoms with Crippen LogP contribution in [0, 0.1) is 13.8 Å². The summed E-state index contributed by atoms with van der Waals surface area (Å²) in [6, 6.07) is 3.47. The lowest BCUT2D eigenvalue weighted by Gasteiger charge is -2.23. The molecule has 0 aliphatic heterocycles. The fraction of sp³-hybridized carbons (Fsp3) is 0.417. The molecule has 82 valence electrons. The second-order valence-electron chi connectivity index (χ2n) is 4.41. The Morgan fingerprint density at radius 3 is 2.20 bits per heavy atom. The molecule has 15 heavy (non-hydrogen) atoms. The van der Waals surface area contributed by atoms with Gasteiger partial charge in [-0.2, -0.15) is 0 Å². The van der Waals surface area contributed by atoms with E-state index in [1.165, 1.54) is 0 Å². The molecule has 0 saturated heterocycles. The van der Waals surface area contributed by atoms with Gasteiger partial charge in [-0.15, -0.1) is 0 Å². The van der Waals surface area contributed by atoms with Crippen molar-refractivity contribution in [2.75, 3.05) is 0 Å². The zero-order chi connectivity index (χ0) is 11.8. The number of hydrogen-bond donors (Lipinski definition) is 2. The normalized spacial score (nSPS) is 11.5. The minimum absolute atomic E-state index is 0.0555. The molecular weight excluding hydrogens is 192 g/mol. The van der Waals surface area contributed by atoms with Gasteiger partial charge in [-0.25, -0.2) is 0 Å². The molecule has 1 aromatic carbocycles. The summed E-state index contributed by atoms with van der Waals surface area (Å²) in [5, 5.41) is 18.9. The number of carboxylic acid groups (broad SMARTS) is 1. The van der Waals surface area contributed by atoms with Crippen molar-refractivity contribution >= 4 is 5.97 Å². The number of benzene rings is 1. The standard InChI is InChI=1S/C12H16O3/c1-7-5-8(2)10(9(13)6-7)12(3,4)11(14)15/h5-6,13H,1-4H3,(H,14,15). The van der Waals surface area contributed by atoms with Gasteiger partial charge in [0.2, 0.25) is 0 Å². The first-order valence-corrected chi connectivity index (χ1v) is 4.81. The molecule has 0 spiro atoms. The number of aryl methyl sites for hydroxylation is 2. The van der Waals surface area contributed by atoms with Crippen LogP contribution in [0.1, 0.15) is 30.5 Å². The van der Waals surface area contributed by atoms with Crippen molar-refractivity contribution in [1.82, 2.24) is 0 Å². The third-order valence-corrected chi connectivity index (χ3v) is 2.62. The molecule has 0 bridgehead atoms. The van der Waals surface area contributed by atoms with E-state index in [0.29, 0.717) is 5.56 Å². The molecule has 0 saturated carbocycles. The van der Waals surface area contributed by atoms with Gasteiger partial charge in [-0.3, -0.25) is 4.79 Å². The van der Waals surface area contributed by atoms with Crippen molar-refractivity contribution in [1.29, 1.82) is 0 Å². The molecule has 0 aliphatic rings. The second kappa shape index (κ2) is 3.57. The Labute approximate surface area is 89.4 Å². The molecule has 0 heterocycles. The summed E-state index contributed by atoms with van der Waals surface area (Å²) in [6.07, 6.45) is 0. The predicted octanol–water partition coefficient (Wildman–Crippen LogP) is 2.37. The van der Waals surface area contributed by atoms with Crippen LogP contribution in [-0.2, 0) is 10.2 Å². The van der Waals surface area contributed by atoms with E-state index < -0.39 is 11.4 Å². The Balaban J connectivity index is 3.44. The monoisotopic (exact) mass is 208 g/mol. The van der Waals surface area contributed by atoms with E-state index in [0.717, 1.165) is 11.1 Å². The zero-order valence-electron chi connectivity index (χ0n) is 9.46. The Morgan fingerprint density at radius 1 is 1.27 bits per heavy atom. The van der Waals surface area contributed by atoms with Crippen molar-refractivity contribution in [2.24, 2.45) is 0 Å². The molecule has 0 fully saturated rings. The highest BCUT2D eigenvalue weighted by Crippen LogP contribution is 2.34. The predicted molar refractivity (Wildman–Crippen MR) is 58.2 cm³/mol. The van der Waals surface area contributed by atoms with Crippen molar-refractivity contribution in [2.45, 2.75) is 33.1 Å². The molecule has 1 aromatic rings. The molecule has 0 radical (unpaired) electrons. The first kappa shape index (κ1) is 11.6. The average molecular weight is 208 g/mol. The fourth-order valence-electron chi connectivity index (χ4n) is 1.87. The highest BCUT2D eigenvalue weighted by molar-refractivity contribution is 5.82. The molecule has 0 aromatic heterocycles. The summed E-state index contributed by atoms with van der Waals surface area (Å²) < 4.78 is 0. The van der Waals surface area contributed by atoms with Crippen LogP contribution in [0.3, 0.4) is 0 Å². The number of carboxylic acids is 1. The Morgan fingerprint density at radius 2 is 1.80 bits per heavy atom. The highest BCUT2D eigenvalue weighted by Gasteiger charge is 2.33. The van der Waals surface area contributed by atoms with Crippen LogP contribution in [0.5, 0.6) is 5.75 Å². The first-order valence-electron chi connectivity index (χ1n) is 4.81. The molecule has 0 atom stereocenters. The SMILES string of the molecule is Cc1cc(C)c(C(C)(C)C(=O)O)c(O)c1. The lowest BCUT2D eigenvalue weighted by Crippen LogP contribution is -2.29. The largest absolute Gasteiger partial charge is 0.508 e. The lowest BCUT2D eigenvalue weighted by atomic mass is 9.81. The van der Waals surface area contributed by atoms with Gasteiger partial charge in [0.15, 0.2) is 0 Å². The molecular formula is C12H16O3. The maximum atomic E-state index is 11.1. The summed E-state index contributed by atoms with van der Waals surface area (Å²) in [6.45, 7) is 6.86. The average Bonchev–Trinajstić information content (AvgIpc) is 2.00. The van der Waals surface area contributed by atoms with E-state index in [1.54, 1.807) is 19.9 Å². The van der Waals surface area contributed by atoms with E-state index in [1.807, 2.05) is 19.9 Å². The van der Waals surface area contributed by atoms with Gasteiger partial charge >= 0.3 is 5.97 Å². The number of phenolic OH excluding ortho intramolecular Hbond substituents is 1. The van der Waals surface area contributed by atoms with Gasteiger partial charge < -0.3 is 10.2 Å². The summed E-state index contributed by atoms with van der Waals surface area (Å²) in [5.74, 6) is -0.885. The van der Waals surface area contributed by atoms with Gasteiger partial charge in [0, 0.05) is 5.56 Å². The molecule has 2 N–H and O–H groups in total. The van der Waals surface area contributed by atoms with Crippen LogP contribution in [0.15, 0.2) is 12.1 Å². The van der Waals surface area contributed by atoms with Crippen molar-refractivity contribution in [3.63, 3.8) is 0 Å². The van der Waals surface area contributed by atoms with Gasteiger partial charge in [0.1, 0.15) is 5.75 Å². The second-order valence-corrected chi connectivity index (χ2v) is 4.41. The number of rotatable bonds is 2. The molecule has 1 rings (SSSR count). The van der Waals surface area contributed by atoms with Crippen LogP contribution in [-0.4, -0.2) is 16.2 Å². The minimum atomic E-state index is -1.07. The highest BCUT2D eigenvalue weighted by atomic mass is 16.4. The first-order chi connectivity index (χ1) is 6.76. The van der Waals surface area contributed by atoms with Crippen molar-refractivity contribution in [3.05, 3.63) is 28.8 Å². The summed E-state index contributed by atoms with van der Waals surface area (Å²) >= 11 is 0. The number of aliphatic carboxylic acids is 1. The summed E-state index contributed by atoms with van der Waals surface area (Å²) in [5.41, 5.74) is 1.15. The maximum absolute atomic E-state index is 11.1. The van der Waals surface area contributed by atoms with E-state index in [-0.39, 0.29) is 5.75 Å². The van der Waals surface area contributed by atoms with Crippen LogP contribution < -0.4 is 0 Å². The number of aromatic hydroxyl groups is 1. The lowest BCUT2D eigenvalue weighted by molar-refractivity contribution is -0.142. The van der Waals surface area contributed by atoms with E-state index in [4.69, 9.17) is 5.11 Å².